The van der Waals surface area contributed by atoms with E-state index in [1.54, 1.807) is 0 Å². The highest BCUT2D eigenvalue weighted by Gasteiger charge is 2.14. The Hall–Kier alpha value is -0.760. The molecule has 0 aliphatic carbocycles. The zero-order valence-corrected chi connectivity index (χ0v) is 13.0. The van der Waals surface area contributed by atoms with E-state index in [2.05, 4.69) is 61.2 Å². The molecule has 0 spiro atoms. The summed E-state index contributed by atoms with van der Waals surface area (Å²) < 4.78 is 0. The Morgan fingerprint density at radius 3 is 1.84 bits per heavy atom. The van der Waals surface area contributed by atoms with Crippen molar-refractivity contribution in [2.24, 2.45) is 0 Å². The molecule has 0 fully saturated rings. The molecule has 0 aliphatic heterocycles. The van der Waals surface area contributed by atoms with E-state index < -0.39 is 7.92 Å². The van der Waals surface area contributed by atoms with Gasteiger partial charge >= 0.3 is 0 Å². The fourth-order valence-corrected chi connectivity index (χ4v) is 5.71. The van der Waals surface area contributed by atoms with E-state index in [1.807, 2.05) is 12.1 Å². The summed E-state index contributed by atoms with van der Waals surface area (Å²) in [6.45, 7) is 0. The first kappa shape index (κ1) is 14.6. The number of rotatable bonds is 5. The highest BCUT2D eigenvalue weighted by atomic mass is 32.2. The van der Waals surface area contributed by atoms with Crippen LogP contribution in [0, 0.1) is 0 Å². The molecule has 0 unspecified atom stereocenters. The van der Waals surface area contributed by atoms with E-state index in [9.17, 15) is 4.79 Å². The van der Waals surface area contributed by atoms with Gasteiger partial charge in [0.25, 0.3) is 0 Å². The summed E-state index contributed by atoms with van der Waals surface area (Å²) >= 11 is 5.42. The lowest BCUT2D eigenvalue weighted by molar-refractivity contribution is -0.108. The van der Waals surface area contributed by atoms with Gasteiger partial charge in [0.15, 0.2) is 5.12 Å². The standard InChI is InChI=1S/C15H15OPS2/c16-15(11-18)19-12-17(13-7-3-1-4-8-13)14-9-5-2-6-10-14/h1-10,18H,11-12H2. The average molecular weight is 306 g/mol. The van der Waals surface area contributed by atoms with Gasteiger partial charge in [-0.05, 0) is 18.5 Å². The molecule has 0 atom stereocenters. The Labute approximate surface area is 125 Å². The van der Waals surface area contributed by atoms with Crippen LogP contribution in [0.1, 0.15) is 0 Å². The number of thiol groups is 1. The number of hydrogen-bond donors (Lipinski definition) is 1. The molecule has 0 saturated carbocycles. The molecule has 2 aromatic carbocycles. The van der Waals surface area contributed by atoms with Crippen LogP contribution >= 0.6 is 32.3 Å². The molecular weight excluding hydrogens is 291 g/mol. The van der Waals surface area contributed by atoms with Gasteiger partial charge in [-0.1, -0.05) is 72.4 Å². The Kier molecular flexibility index (Phi) is 5.96. The molecule has 4 heteroatoms. The molecule has 0 radical (unpaired) electrons. The zero-order valence-electron chi connectivity index (χ0n) is 10.4. The van der Waals surface area contributed by atoms with E-state index in [1.165, 1.54) is 22.4 Å². The first-order valence-corrected chi connectivity index (χ1v) is 9.10. The minimum Gasteiger partial charge on any atom is -0.286 e. The molecular formula is C15H15OPS2. The fraction of sp³-hybridized carbons (Fsp3) is 0.133. The van der Waals surface area contributed by atoms with Crippen molar-refractivity contribution >= 4 is 48.0 Å². The first-order chi connectivity index (χ1) is 9.31. The highest BCUT2D eigenvalue weighted by Crippen LogP contribution is 2.37. The van der Waals surface area contributed by atoms with Crippen LogP contribution in [0.4, 0.5) is 0 Å². The van der Waals surface area contributed by atoms with Crippen molar-refractivity contribution in [1.29, 1.82) is 0 Å². The van der Waals surface area contributed by atoms with Crippen molar-refractivity contribution < 1.29 is 4.79 Å². The van der Waals surface area contributed by atoms with Crippen molar-refractivity contribution in [3.8, 4) is 0 Å². The van der Waals surface area contributed by atoms with Crippen LogP contribution in [-0.2, 0) is 4.79 Å². The molecule has 0 amide bonds. The lowest BCUT2D eigenvalue weighted by atomic mass is 10.4. The Balaban J connectivity index is 2.21. The molecule has 2 aromatic rings. The predicted molar refractivity (Wildman–Crippen MR) is 90.4 cm³/mol. The van der Waals surface area contributed by atoms with Crippen molar-refractivity contribution in [3.05, 3.63) is 60.7 Å². The minimum absolute atomic E-state index is 0.141. The summed E-state index contributed by atoms with van der Waals surface area (Å²) in [5, 5.41) is 2.76. The minimum atomic E-state index is -0.481. The van der Waals surface area contributed by atoms with Gasteiger partial charge in [-0.25, -0.2) is 0 Å². The fourth-order valence-electron chi connectivity index (χ4n) is 1.70. The van der Waals surface area contributed by atoms with Crippen molar-refractivity contribution in [1.82, 2.24) is 0 Å². The van der Waals surface area contributed by atoms with Gasteiger partial charge < -0.3 is 0 Å². The molecule has 19 heavy (non-hydrogen) atoms. The van der Waals surface area contributed by atoms with Gasteiger partial charge in [-0.15, -0.1) is 0 Å². The predicted octanol–water partition coefficient (Wildman–Crippen LogP) is 3.27. The Morgan fingerprint density at radius 1 is 0.947 bits per heavy atom. The number of hydrogen-bond acceptors (Lipinski definition) is 3. The van der Waals surface area contributed by atoms with Gasteiger partial charge in [0, 0.05) is 5.49 Å². The third kappa shape index (κ3) is 4.38. The SMILES string of the molecule is O=C(CS)SCP(c1ccccc1)c1ccccc1. The summed E-state index contributed by atoms with van der Waals surface area (Å²) in [5.74, 6) is 0.303. The third-order valence-electron chi connectivity index (χ3n) is 2.62. The van der Waals surface area contributed by atoms with Gasteiger partial charge in [0.1, 0.15) is 0 Å². The third-order valence-corrected chi connectivity index (χ3v) is 6.98. The highest BCUT2D eigenvalue weighted by molar-refractivity contribution is 8.19. The second-order valence-electron chi connectivity index (χ2n) is 3.90. The molecule has 1 nitrogen and oxygen atoms in total. The van der Waals surface area contributed by atoms with Gasteiger partial charge in [-0.2, -0.15) is 12.6 Å². The molecule has 98 valence electrons. The summed E-state index contributed by atoms with van der Waals surface area (Å²) in [4.78, 5) is 11.5. The number of thioether (sulfide) groups is 1. The molecule has 0 saturated heterocycles. The van der Waals surface area contributed by atoms with Crippen LogP contribution in [0.3, 0.4) is 0 Å². The normalized spacial score (nSPS) is 10.6. The zero-order chi connectivity index (χ0) is 13.5. The van der Waals surface area contributed by atoms with Gasteiger partial charge in [-0.3, -0.25) is 4.79 Å². The quantitative estimate of drug-likeness (QED) is 0.674. The van der Waals surface area contributed by atoms with E-state index >= 15 is 0 Å². The maximum absolute atomic E-state index is 11.5. The second kappa shape index (κ2) is 7.74. The van der Waals surface area contributed by atoms with Crippen LogP contribution in [0.25, 0.3) is 0 Å². The maximum Gasteiger partial charge on any atom is 0.198 e. The Morgan fingerprint density at radius 2 is 1.42 bits per heavy atom. The van der Waals surface area contributed by atoms with E-state index in [0.29, 0.717) is 5.75 Å². The molecule has 0 heterocycles. The largest absolute Gasteiger partial charge is 0.286 e. The molecule has 0 aromatic heterocycles. The Bertz CT molecular complexity index is 477. The summed E-state index contributed by atoms with van der Waals surface area (Å²) in [7, 11) is -0.481. The van der Waals surface area contributed by atoms with E-state index in [4.69, 9.17) is 0 Å². The van der Waals surface area contributed by atoms with Crippen molar-refractivity contribution in [2.75, 3.05) is 11.2 Å². The molecule has 0 N–H and O–H groups in total. The van der Waals surface area contributed by atoms with Crippen LogP contribution < -0.4 is 10.6 Å². The van der Waals surface area contributed by atoms with Gasteiger partial charge in [0.2, 0.25) is 0 Å². The summed E-state index contributed by atoms with van der Waals surface area (Å²) in [6.07, 6.45) is 0. The monoisotopic (exact) mass is 306 g/mol. The van der Waals surface area contributed by atoms with Crippen molar-refractivity contribution in [2.45, 2.75) is 0 Å². The second-order valence-corrected chi connectivity index (χ2v) is 7.88. The van der Waals surface area contributed by atoms with Crippen LogP contribution in [0.15, 0.2) is 60.7 Å². The maximum atomic E-state index is 11.5. The number of benzene rings is 2. The van der Waals surface area contributed by atoms with Crippen LogP contribution in [0.2, 0.25) is 0 Å². The average Bonchev–Trinajstić information content (AvgIpc) is 2.49. The first-order valence-electron chi connectivity index (χ1n) is 5.95. The number of carbonyl (C=O) groups excluding carboxylic acids is 1. The lowest BCUT2D eigenvalue weighted by Gasteiger charge is -2.17. The smallest absolute Gasteiger partial charge is 0.198 e. The summed E-state index contributed by atoms with van der Waals surface area (Å²) in [5.41, 5.74) is 0.822. The van der Waals surface area contributed by atoms with Crippen molar-refractivity contribution in [3.63, 3.8) is 0 Å². The lowest BCUT2D eigenvalue weighted by Crippen LogP contribution is -2.13. The molecule has 0 bridgehead atoms. The van der Waals surface area contributed by atoms with Gasteiger partial charge in [0.05, 0.1) is 5.75 Å². The molecule has 2 rings (SSSR count). The molecule has 0 aliphatic rings. The van der Waals surface area contributed by atoms with E-state index in [-0.39, 0.29) is 5.12 Å². The topological polar surface area (TPSA) is 17.1 Å². The van der Waals surface area contributed by atoms with E-state index in [0.717, 1.165) is 5.49 Å². The summed E-state index contributed by atoms with van der Waals surface area (Å²) in [6, 6.07) is 20.8. The van der Waals surface area contributed by atoms with Crippen LogP contribution in [-0.4, -0.2) is 16.4 Å². The number of carbonyl (C=O) groups is 1. The van der Waals surface area contributed by atoms with Crippen LogP contribution in [0.5, 0.6) is 0 Å².